The van der Waals surface area contributed by atoms with Gasteiger partial charge in [0.2, 0.25) is 5.91 Å². The first-order valence-corrected chi connectivity index (χ1v) is 6.80. The number of carbonyl (C=O) groups excluding carboxylic acids is 1. The number of aliphatic hydroxyl groups is 1. The number of nitrogens with zero attached hydrogens (tertiary/aromatic N) is 2. The third-order valence-electron chi connectivity index (χ3n) is 3.32. The minimum absolute atomic E-state index is 0.0450. The van der Waals surface area contributed by atoms with Crippen molar-refractivity contribution in [2.75, 3.05) is 23.3 Å². The van der Waals surface area contributed by atoms with Crippen molar-refractivity contribution < 1.29 is 14.8 Å². The number of nitrogens with one attached hydrogen (secondary N) is 1. The van der Waals surface area contributed by atoms with Gasteiger partial charge in [0.25, 0.3) is 5.69 Å². The number of fused-ring (bicyclic) bond motifs is 1. The maximum Gasteiger partial charge on any atom is 0.292 e. The molecule has 2 rings (SSSR count). The summed E-state index contributed by atoms with van der Waals surface area (Å²) >= 11 is 0. The topological polar surface area (TPSA) is 95.7 Å². The summed E-state index contributed by atoms with van der Waals surface area (Å²) in [6.45, 7) is 5.93. The molecule has 1 aliphatic heterocycles. The van der Waals surface area contributed by atoms with Gasteiger partial charge in [0.05, 0.1) is 16.9 Å². The van der Waals surface area contributed by atoms with Crippen LogP contribution in [0.4, 0.5) is 17.1 Å². The summed E-state index contributed by atoms with van der Waals surface area (Å²) in [5.74, 6) is -0.165. The zero-order valence-corrected chi connectivity index (χ0v) is 12.3. The van der Waals surface area contributed by atoms with Gasteiger partial charge in [-0.15, -0.1) is 0 Å². The van der Waals surface area contributed by atoms with Gasteiger partial charge in [-0.3, -0.25) is 14.9 Å². The highest BCUT2D eigenvalue weighted by atomic mass is 16.6. The molecule has 1 heterocycles. The van der Waals surface area contributed by atoms with E-state index < -0.39 is 10.5 Å². The number of rotatable bonds is 5. The fraction of sp³-hybridized carbons (Fsp3) is 0.500. The van der Waals surface area contributed by atoms with Crippen molar-refractivity contribution in [1.82, 2.24) is 0 Å². The molecule has 0 atom stereocenters. The van der Waals surface area contributed by atoms with Crippen LogP contribution in [0.15, 0.2) is 12.1 Å². The van der Waals surface area contributed by atoms with E-state index in [0.717, 1.165) is 0 Å². The molecule has 0 saturated carbocycles. The molecule has 0 radical (unpaired) electrons. The molecule has 0 bridgehead atoms. The van der Waals surface area contributed by atoms with E-state index >= 15 is 0 Å². The van der Waals surface area contributed by atoms with Crippen LogP contribution in [-0.2, 0) is 11.2 Å². The Morgan fingerprint density at radius 1 is 1.48 bits per heavy atom. The summed E-state index contributed by atoms with van der Waals surface area (Å²) in [6.07, 6.45) is 0.161. The summed E-state index contributed by atoms with van der Waals surface area (Å²) in [6, 6.07) is 3.06. The lowest BCUT2D eigenvalue weighted by molar-refractivity contribution is -0.384. The van der Waals surface area contributed by atoms with E-state index in [1.165, 1.54) is 6.07 Å². The molecule has 0 unspecified atom stereocenters. The first kappa shape index (κ1) is 15.2. The average Bonchev–Trinajstić information content (AvgIpc) is 2.72. The smallest absolute Gasteiger partial charge is 0.292 e. The summed E-state index contributed by atoms with van der Waals surface area (Å²) in [7, 11) is 0. The van der Waals surface area contributed by atoms with Gasteiger partial charge in [-0.2, -0.15) is 0 Å². The second-order valence-electron chi connectivity index (χ2n) is 5.81. The number of nitro benzene ring substituents is 1. The van der Waals surface area contributed by atoms with Gasteiger partial charge >= 0.3 is 0 Å². The molecule has 0 saturated heterocycles. The van der Waals surface area contributed by atoms with Crippen LogP contribution in [0.1, 0.15) is 26.3 Å². The molecular formula is C14H19N3O4. The fourth-order valence-electron chi connectivity index (χ4n) is 2.48. The van der Waals surface area contributed by atoms with Crippen LogP contribution in [0.2, 0.25) is 0 Å². The Labute approximate surface area is 122 Å². The number of anilines is 2. The minimum Gasteiger partial charge on any atom is -0.389 e. The van der Waals surface area contributed by atoms with E-state index in [4.69, 9.17) is 0 Å². The van der Waals surface area contributed by atoms with Gasteiger partial charge in [0.1, 0.15) is 5.69 Å². The number of hydrogen-bond acceptors (Lipinski definition) is 5. The maximum absolute atomic E-state index is 11.4. The highest BCUT2D eigenvalue weighted by molar-refractivity contribution is 6.00. The van der Waals surface area contributed by atoms with E-state index in [9.17, 15) is 20.0 Å². The maximum atomic E-state index is 11.4. The first-order chi connectivity index (χ1) is 9.71. The summed E-state index contributed by atoms with van der Waals surface area (Å²) in [5, 5.41) is 24.0. The lowest BCUT2D eigenvalue weighted by Gasteiger charge is -2.29. The lowest BCUT2D eigenvalue weighted by Crippen LogP contribution is -2.38. The Hall–Kier alpha value is -2.15. The van der Waals surface area contributed by atoms with E-state index in [2.05, 4.69) is 5.32 Å². The largest absolute Gasteiger partial charge is 0.389 e. The predicted octanol–water partition coefficient (Wildman–Crippen LogP) is 1.69. The molecule has 0 aromatic heterocycles. The van der Waals surface area contributed by atoms with Gasteiger partial charge in [-0.1, -0.05) is 0 Å². The van der Waals surface area contributed by atoms with Crippen molar-refractivity contribution in [3.8, 4) is 0 Å². The molecular weight excluding hydrogens is 274 g/mol. The van der Waals surface area contributed by atoms with Crippen LogP contribution in [0, 0.1) is 10.1 Å². The summed E-state index contributed by atoms with van der Waals surface area (Å²) < 4.78 is 0. The quantitative estimate of drug-likeness (QED) is 0.636. The van der Waals surface area contributed by atoms with Crippen molar-refractivity contribution >= 4 is 23.0 Å². The van der Waals surface area contributed by atoms with E-state index in [-0.39, 0.29) is 24.6 Å². The van der Waals surface area contributed by atoms with Crippen LogP contribution in [0.3, 0.4) is 0 Å². The molecule has 1 aromatic carbocycles. The predicted molar refractivity (Wildman–Crippen MR) is 79.6 cm³/mol. The van der Waals surface area contributed by atoms with Crippen LogP contribution < -0.4 is 10.2 Å². The standard InChI is InChI=1S/C14H19N3O4/c1-4-16(8-14(2,3)19)11-7-10-9(6-13(18)15-10)5-12(11)17(20)21/h5,7,19H,4,6,8H2,1-3H3,(H,15,18). The average molecular weight is 293 g/mol. The lowest BCUT2D eigenvalue weighted by atomic mass is 10.1. The second kappa shape index (κ2) is 5.33. The highest BCUT2D eigenvalue weighted by Crippen LogP contribution is 2.37. The Kier molecular flexibility index (Phi) is 3.87. The van der Waals surface area contributed by atoms with Crippen LogP contribution in [0.25, 0.3) is 0 Å². The third kappa shape index (κ3) is 3.30. The molecule has 0 fully saturated rings. The summed E-state index contributed by atoms with van der Waals surface area (Å²) in [5.41, 5.74) is 0.623. The molecule has 1 aromatic rings. The number of hydrogen-bond donors (Lipinski definition) is 2. The van der Waals surface area contributed by atoms with Crippen molar-refractivity contribution in [3.63, 3.8) is 0 Å². The van der Waals surface area contributed by atoms with Gasteiger partial charge < -0.3 is 15.3 Å². The molecule has 7 heteroatoms. The van der Waals surface area contributed by atoms with Crippen LogP contribution >= 0.6 is 0 Å². The molecule has 7 nitrogen and oxygen atoms in total. The number of carbonyl (C=O) groups is 1. The van der Waals surface area contributed by atoms with Gasteiger partial charge in [-0.05, 0) is 32.4 Å². The zero-order chi connectivity index (χ0) is 15.8. The van der Waals surface area contributed by atoms with Crippen molar-refractivity contribution in [3.05, 3.63) is 27.8 Å². The number of nitro groups is 1. The highest BCUT2D eigenvalue weighted by Gasteiger charge is 2.28. The van der Waals surface area contributed by atoms with Crippen molar-refractivity contribution in [1.29, 1.82) is 0 Å². The molecule has 21 heavy (non-hydrogen) atoms. The Morgan fingerprint density at radius 3 is 2.67 bits per heavy atom. The Morgan fingerprint density at radius 2 is 2.14 bits per heavy atom. The second-order valence-corrected chi connectivity index (χ2v) is 5.81. The van der Waals surface area contributed by atoms with E-state index in [1.54, 1.807) is 24.8 Å². The fourth-order valence-corrected chi connectivity index (χ4v) is 2.48. The molecule has 1 aliphatic rings. The van der Waals surface area contributed by atoms with Gasteiger partial charge in [0.15, 0.2) is 0 Å². The normalized spacial score (nSPS) is 13.8. The SMILES string of the molecule is CCN(CC(C)(C)O)c1cc2c(cc1[N+](=O)[O-])CC(=O)N2. The van der Waals surface area contributed by atoms with E-state index in [1.807, 2.05) is 6.92 Å². The zero-order valence-electron chi connectivity index (χ0n) is 12.3. The Bertz CT molecular complexity index is 593. The first-order valence-electron chi connectivity index (χ1n) is 6.80. The number of likely N-dealkylation sites (N-methyl/N-ethyl adjacent to an activating group) is 1. The summed E-state index contributed by atoms with van der Waals surface area (Å²) in [4.78, 5) is 24.0. The molecule has 2 N–H and O–H groups in total. The number of benzene rings is 1. The third-order valence-corrected chi connectivity index (χ3v) is 3.32. The van der Waals surface area contributed by atoms with Crippen molar-refractivity contribution in [2.45, 2.75) is 32.8 Å². The van der Waals surface area contributed by atoms with Crippen molar-refractivity contribution in [2.24, 2.45) is 0 Å². The molecule has 0 aliphatic carbocycles. The van der Waals surface area contributed by atoms with Crippen LogP contribution in [-0.4, -0.2) is 34.6 Å². The van der Waals surface area contributed by atoms with Gasteiger partial charge in [-0.25, -0.2) is 0 Å². The Balaban J connectivity index is 2.48. The molecule has 1 amide bonds. The molecule has 0 spiro atoms. The minimum atomic E-state index is -0.980. The molecule has 114 valence electrons. The monoisotopic (exact) mass is 293 g/mol. The van der Waals surface area contributed by atoms with Gasteiger partial charge in [0, 0.05) is 24.8 Å². The number of amides is 1. The van der Waals surface area contributed by atoms with Crippen LogP contribution in [0.5, 0.6) is 0 Å². The van der Waals surface area contributed by atoms with E-state index in [0.29, 0.717) is 23.5 Å².